The maximum atomic E-state index is 10.6. The van der Waals surface area contributed by atoms with E-state index in [1.165, 1.54) is 9.60 Å². The highest BCUT2D eigenvalue weighted by atomic mass is 32.2. The van der Waals surface area contributed by atoms with Crippen molar-refractivity contribution in [3.8, 4) is 0 Å². The summed E-state index contributed by atoms with van der Waals surface area (Å²) in [5.74, 6) is -0.268. The lowest BCUT2D eigenvalue weighted by Gasteiger charge is -2.20. The van der Waals surface area contributed by atoms with Gasteiger partial charge in [-0.15, -0.1) is 11.3 Å². The van der Waals surface area contributed by atoms with E-state index in [0.29, 0.717) is 6.42 Å². The van der Waals surface area contributed by atoms with E-state index in [0.717, 1.165) is 23.5 Å². The average Bonchev–Trinajstić information content (AvgIpc) is 2.85. The van der Waals surface area contributed by atoms with E-state index < -0.39 is 10.1 Å². The number of nitrogens with one attached hydrogen (secondary N) is 1. The monoisotopic (exact) mass is 328 g/mol. The van der Waals surface area contributed by atoms with Crippen LogP contribution in [0.5, 0.6) is 0 Å². The summed E-state index contributed by atoms with van der Waals surface area (Å²) >= 11 is 1.70. The zero-order valence-corrected chi connectivity index (χ0v) is 13.8. The van der Waals surface area contributed by atoms with Gasteiger partial charge in [0.25, 0.3) is 0 Å². The summed E-state index contributed by atoms with van der Waals surface area (Å²) in [5, 5.41) is 1.09. The van der Waals surface area contributed by atoms with E-state index in [1.54, 1.807) is 11.3 Å². The third-order valence-electron chi connectivity index (χ3n) is 3.64. The van der Waals surface area contributed by atoms with Crippen LogP contribution in [0, 0.1) is 0 Å². The first-order valence-electron chi connectivity index (χ1n) is 6.98. The molecule has 21 heavy (non-hydrogen) atoms. The number of benzene rings is 1. The van der Waals surface area contributed by atoms with Gasteiger partial charge in [0.2, 0.25) is 0 Å². The number of quaternary nitrogens is 1. The summed E-state index contributed by atoms with van der Waals surface area (Å²) in [7, 11) is -2.01. The Morgan fingerprint density at radius 2 is 2.05 bits per heavy atom. The Morgan fingerprint density at radius 3 is 2.71 bits per heavy atom. The van der Waals surface area contributed by atoms with E-state index in [9.17, 15) is 13.0 Å². The van der Waals surface area contributed by atoms with Crippen molar-refractivity contribution in [2.45, 2.75) is 25.8 Å². The highest BCUT2D eigenvalue weighted by Gasteiger charge is 2.19. The van der Waals surface area contributed by atoms with Crippen molar-refractivity contribution >= 4 is 31.7 Å². The normalized spacial score (nSPS) is 15.2. The molecular formula is C14H20N2O3S2. The first-order chi connectivity index (χ1) is 9.87. The molecule has 1 aromatic carbocycles. The Labute approximate surface area is 129 Å². The summed E-state index contributed by atoms with van der Waals surface area (Å²) in [4.78, 5) is 5.93. The van der Waals surface area contributed by atoms with Crippen molar-refractivity contribution in [3.05, 3.63) is 29.3 Å². The topological polar surface area (TPSA) is 74.5 Å². The third kappa shape index (κ3) is 4.74. The van der Waals surface area contributed by atoms with Gasteiger partial charge in [0.1, 0.15) is 6.04 Å². The summed E-state index contributed by atoms with van der Waals surface area (Å²) in [6.45, 7) is 2.95. The molecule has 0 aliphatic carbocycles. The van der Waals surface area contributed by atoms with Gasteiger partial charge in [0, 0.05) is 5.75 Å². The number of aromatic nitrogens is 1. The van der Waals surface area contributed by atoms with Crippen LogP contribution in [0.3, 0.4) is 0 Å². The molecule has 0 amide bonds. The van der Waals surface area contributed by atoms with E-state index in [1.807, 2.05) is 18.2 Å². The lowest BCUT2D eigenvalue weighted by atomic mass is 10.2. The van der Waals surface area contributed by atoms with Crippen molar-refractivity contribution < 1.29 is 17.9 Å². The number of para-hydroxylation sites is 1. The summed E-state index contributed by atoms with van der Waals surface area (Å²) in [6.07, 6.45) is 1.15. The molecule has 0 fully saturated rings. The Bertz CT molecular complexity index is 664. The Balaban J connectivity index is 1.91. The molecule has 0 saturated heterocycles. The summed E-state index contributed by atoms with van der Waals surface area (Å²) in [5.41, 5.74) is 1.02. The fourth-order valence-electron chi connectivity index (χ4n) is 2.19. The molecule has 7 heteroatoms. The predicted molar refractivity (Wildman–Crippen MR) is 83.6 cm³/mol. The van der Waals surface area contributed by atoms with Crippen LogP contribution in [0.4, 0.5) is 0 Å². The second-order valence-corrected chi connectivity index (χ2v) is 7.89. The standard InChI is InChI=1S/C14H20N2O3S2/c1-11(16(2)9-5-6-10-21(17,18)19)14-15-12-7-3-4-8-13(12)20-14/h3-4,7-8,11H,5-6,9-10H2,1-2H3,(H,17,18,19)/t11-/m0/s1. The number of hydrogen-bond acceptors (Lipinski definition) is 5. The van der Waals surface area contributed by atoms with Gasteiger partial charge in [-0.1, -0.05) is 12.1 Å². The van der Waals surface area contributed by atoms with Crippen molar-refractivity contribution in [1.29, 1.82) is 0 Å². The lowest BCUT2D eigenvalue weighted by Crippen LogP contribution is -3.09. The molecule has 0 aliphatic heterocycles. The molecule has 0 radical (unpaired) electrons. The molecule has 2 atom stereocenters. The van der Waals surface area contributed by atoms with E-state index in [-0.39, 0.29) is 11.8 Å². The Morgan fingerprint density at radius 1 is 1.33 bits per heavy atom. The number of fused-ring (bicyclic) bond motifs is 1. The van der Waals surface area contributed by atoms with Crippen LogP contribution in [0.2, 0.25) is 0 Å². The lowest BCUT2D eigenvalue weighted by molar-refractivity contribution is -0.910. The minimum Gasteiger partial charge on any atom is -0.748 e. The maximum absolute atomic E-state index is 10.6. The average molecular weight is 328 g/mol. The zero-order chi connectivity index (χ0) is 15.5. The quantitative estimate of drug-likeness (QED) is 0.612. The van der Waals surface area contributed by atoms with Crippen LogP contribution in [0.1, 0.15) is 30.8 Å². The molecule has 0 spiro atoms. The zero-order valence-electron chi connectivity index (χ0n) is 12.2. The summed E-state index contributed by atoms with van der Waals surface area (Å²) in [6, 6.07) is 8.32. The molecule has 2 rings (SSSR count). The number of thiazole rings is 1. The molecule has 1 aromatic heterocycles. The van der Waals surface area contributed by atoms with Crippen molar-refractivity contribution in [3.63, 3.8) is 0 Å². The second-order valence-electron chi connectivity index (χ2n) is 5.31. The summed E-state index contributed by atoms with van der Waals surface area (Å²) < 4.78 is 32.9. The molecular weight excluding hydrogens is 308 g/mol. The highest BCUT2D eigenvalue weighted by Crippen LogP contribution is 2.24. The Hall–Kier alpha value is -1.02. The van der Waals surface area contributed by atoms with Gasteiger partial charge in [-0.25, -0.2) is 13.4 Å². The molecule has 5 nitrogen and oxygen atoms in total. The van der Waals surface area contributed by atoms with E-state index >= 15 is 0 Å². The van der Waals surface area contributed by atoms with Crippen molar-refractivity contribution in [2.75, 3.05) is 19.3 Å². The van der Waals surface area contributed by atoms with Crippen LogP contribution < -0.4 is 4.90 Å². The van der Waals surface area contributed by atoms with Crippen molar-refractivity contribution in [2.24, 2.45) is 0 Å². The van der Waals surface area contributed by atoms with Gasteiger partial charge in [0.05, 0.1) is 33.9 Å². The van der Waals surface area contributed by atoms with Gasteiger partial charge in [-0.3, -0.25) is 0 Å². The van der Waals surface area contributed by atoms with Crippen LogP contribution >= 0.6 is 11.3 Å². The second kappa shape index (κ2) is 6.83. The first-order valence-corrected chi connectivity index (χ1v) is 9.37. The molecule has 2 aromatic rings. The SMILES string of the molecule is C[C@@H](c1nc2ccccc2s1)[NH+](C)CCCCS(=O)(=O)[O-]. The molecule has 0 aliphatic rings. The Kier molecular flexibility index (Phi) is 5.32. The first kappa shape index (κ1) is 16.4. The number of unbranched alkanes of at least 4 members (excludes halogenated alkanes) is 1. The molecule has 0 saturated carbocycles. The van der Waals surface area contributed by atoms with Crippen LogP contribution in [0.25, 0.3) is 10.2 Å². The van der Waals surface area contributed by atoms with Crippen LogP contribution in [-0.4, -0.2) is 37.3 Å². The fourth-order valence-corrected chi connectivity index (χ4v) is 3.86. The van der Waals surface area contributed by atoms with E-state index in [2.05, 4.69) is 25.0 Å². The van der Waals surface area contributed by atoms with E-state index in [4.69, 9.17) is 0 Å². The predicted octanol–water partition coefficient (Wildman–Crippen LogP) is 1.20. The number of nitrogens with zero attached hydrogens (tertiary/aromatic N) is 1. The van der Waals surface area contributed by atoms with Gasteiger partial charge in [-0.2, -0.15) is 0 Å². The van der Waals surface area contributed by atoms with Gasteiger partial charge >= 0.3 is 0 Å². The number of rotatable bonds is 7. The largest absolute Gasteiger partial charge is 0.748 e. The number of hydrogen-bond donors (Lipinski definition) is 1. The van der Waals surface area contributed by atoms with Crippen LogP contribution in [-0.2, 0) is 10.1 Å². The molecule has 116 valence electrons. The smallest absolute Gasteiger partial charge is 0.151 e. The van der Waals surface area contributed by atoms with Gasteiger partial charge < -0.3 is 9.45 Å². The minimum absolute atomic E-state index is 0.256. The highest BCUT2D eigenvalue weighted by molar-refractivity contribution is 7.85. The minimum atomic E-state index is -4.08. The third-order valence-corrected chi connectivity index (χ3v) is 5.64. The van der Waals surface area contributed by atoms with Gasteiger partial charge in [-0.05, 0) is 31.9 Å². The van der Waals surface area contributed by atoms with Crippen LogP contribution in [0.15, 0.2) is 24.3 Å². The fraction of sp³-hybridized carbons (Fsp3) is 0.500. The molecule has 1 heterocycles. The maximum Gasteiger partial charge on any atom is 0.151 e. The van der Waals surface area contributed by atoms with Crippen molar-refractivity contribution in [1.82, 2.24) is 4.98 Å². The molecule has 0 bridgehead atoms. The molecule has 1 unspecified atom stereocenters. The molecule has 1 N–H and O–H groups in total. The van der Waals surface area contributed by atoms with Gasteiger partial charge in [0.15, 0.2) is 5.01 Å².